The molecule has 1 aromatic heterocycles. The summed E-state index contributed by atoms with van der Waals surface area (Å²) >= 11 is 5.28. The van der Waals surface area contributed by atoms with E-state index in [9.17, 15) is 8.78 Å². The van der Waals surface area contributed by atoms with Gasteiger partial charge in [-0.05, 0) is 49.3 Å². The summed E-state index contributed by atoms with van der Waals surface area (Å²) in [6.45, 7) is 0. The molecule has 0 aliphatic heterocycles. The molecule has 1 aromatic carbocycles. The van der Waals surface area contributed by atoms with Gasteiger partial charge in [0.25, 0.3) is 0 Å². The second-order valence-electron chi connectivity index (χ2n) is 5.68. The Balaban J connectivity index is 1.80. The topological polar surface area (TPSA) is 37.0 Å². The van der Waals surface area contributed by atoms with Crippen LogP contribution in [0.2, 0.25) is 0 Å². The summed E-state index contributed by atoms with van der Waals surface area (Å²) in [6, 6.07) is 9.44. The Morgan fingerprint density at radius 3 is 2.35 bits per heavy atom. The normalized spacial score (nSPS) is 16.1. The van der Waals surface area contributed by atoms with E-state index in [1.165, 1.54) is 18.2 Å². The van der Waals surface area contributed by atoms with Gasteiger partial charge in [0.1, 0.15) is 17.3 Å². The van der Waals surface area contributed by atoms with Crippen LogP contribution in [0.3, 0.4) is 0 Å². The minimum Gasteiger partial charge on any atom is -0.351 e. The van der Waals surface area contributed by atoms with Crippen molar-refractivity contribution in [3.8, 4) is 0 Å². The average molecular weight is 333 g/mol. The molecule has 0 bridgehead atoms. The maximum Gasteiger partial charge on any atom is 0.171 e. The molecule has 23 heavy (non-hydrogen) atoms. The molecule has 0 unspecified atom stereocenters. The van der Waals surface area contributed by atoms with E-state index in [0.29, 0.717) is 0 Å². The van der Waals surface area contributed by atoms with E-state index in [1.54, 1.807) is 6.20 Å². The van der Waals surface area contributed by atoms with Crippen LogP contribution in [0, 0.1) is 11.6 Å². The summed E-state index contributed by atoms with van der Waals surface area (Å²) in [5.74, 6) is -1.35. The molecular weight excluding hydrogens is 316 g/mol. The predicted octanol–water partition coefficient (Wildman–Crippen LogP) is 4.12. The van der Waals surface area contributed by atoms with Gasteiger partial charge in [0.2, 0.25) is 0 Å². The fourth-order valence-corrected chi connectivity index (χ4v) is 3.35. The molecule has 1 aliphatic carbocycles. The number of rotatable bonds is 3. The smallest absolute Gasteiger partial charge is 0.171 e. The van der Waals surface area contributed by atoms with E-state index in [0.717, 1.165) is 31.4 Å². The van der Waals surface area contributed by atoms with Crippen molar-refractivity contribution in [2.75, 3.05) is 5.32 Å². The number of nitrogens with one attached hydrogen (secondary N) is 2. The number of nitrogens with zero attached hydrogens (tertiary/aromatic N) is 1. The molecule has 2 N–H and O–H groups in total. The molecule has 3 nitrogen and oxygen atoms in total. The highest BCUT2D eigenvalue weighted by Crippen LogP contribution is 2.37. The summed E-state index contributed by atoms with van der Waals surface area (Å²) in [5, 5.41) is 6.07. The third kappa shape index (κ3) is 3.32. The number of aromatic nitrogens is 1. The van der Waals surface area contributed by atoms with Crippen molar-refractivity contribution < 1.29 is 8.78 Å². The lowest BCUT2D eigenvalue weighted by Gasteiger charge is -2.31. The van der Waals surface area contributed by atoms with Crippen LogP contribution >= 0.6 is 12.2 Å². The fourth-order valence-electron chi connectivity index (χ4n) is 3.05. The van der Waals surface area contributed by atoms with Gasteiger partial charge in [-0.25, -0.2) is 8.78 Å². The van der Waals surface area contributed by atoms with Crippen LogP contribution in [-0.4, -0.2) is 10.1 Å². The fraction of sp³-hybridized carbons (Fsp3) is 0.294. The van der Waals surface area contributed by atoms with Crippen molar-refractivity contribution in [1.82, 2.24) is 10.3 Å². The molecule has 1 aliphatic rings. The number of halogens is 2. The maximum absolute atomic E-state index is 13.7. The average Bonchev–Trinajstić information content (AvgIpc) is 3.02. The van der Waals surface area contributed by atoms with Crippen molar-refractivity contribution in [1.29, 1.82) is 0 Å². The molecule has 3 rings (SSSR count). The molecule has 0 amide bonds. The van der Waals surface area contributed by atoms with Crippen molar-refractivity contribution in [3.05, 3.63) is 59.9 Å². The van der Waals surface area contributed by atoms with Gasteiger partial charge in [0.05, 0.1) is 11.2 Å². The molecule has 0 spiro atoms. The number of thiocarbonyl (C=S) groups is 1. The lowest BCUT2D eigenvalue weighted by Crippen LogP contribution is -2.46. The third-order valence-corrected chi connectivity index (χ3v) is 4.37. The summed E-state index contributed by atoms with van der Waals surface area (Å²) < 4.78 is 27.5. The van der Waals surface area contributed by atoms with E-state index >= 15 is 0 Å². The van der Waals surface area contributed by atoms with Gasteiger partial charge in [0, 0.05) is 6.20 Å². The first-order chi connectivity index (χ1) is 11.1. The van der Waals surface area contributed by atoms with Crippen molar-refractivity contribution >= 4 is 23.0 Å². The Hall–Kier alpha value is -2.08. The van der Waals surface area contributed by atoms with Gasteiger partial charge in [0.15, 0.2) is 5.11 Å². The van der Waals surface area contributed by atoms with Gasteiger partial charge >= 0.3 is 0 Å². The highest BCUT2D eigenvalue weighted by atomic mass is 32.1. The second-order valence-corrected chi connectivity index (χ2v) is 6.09. The van der Waals surface area contributed by atoms with E-state index in [1.807, 2.05) is 18.2 Å². The standard InChI is InChI=1S/C17H17F2N3S/c18-12-6-5-7-13(19)15(12)21-16(23)22-17(9-2-3-10-17)14-8-1-4-11-20-14/h1,4-8,11H,2-3,9-10H2,(H2,21,22,23). The molecule has 2 aromatic rings. The number of hydrogen-bond donors (Lipinski definition) is 2. The molecule has 1 fully saturated rings. The van der Waals surface area contributed by atoms with Crippen LogP contribution in [0.15, 0.2) is 42.6 Å². The molecular formula is C17H17F2N3S. The molecule has 6 heteroatoms. The van der Waals surface area contributed by atoms with Crippen LogP contribution in [0.5, 0.6) is 0 Å². The minimum absolute atomic E-state index is 0.196. The molecule has 0 saturated heterocycles. The zero-order valence-corrected chi connectivity index (χ0v) is 13.3. The first kappa shape index (κ1) is 15.8. The molecule has 120 valence electrons. The van der Waals surface area contributed by atoms with Crippen LogP contribution in [0.1, 0.15) is 31.4 Å². The monoisotopic (exact) mass is 333 g/mol. The number of hydrogen-bond acceptors (Lipinski definition) is 2. The van der Waals surface area contributed by atoms with Gasteiger partial charge < -0.3 is 10.6 Å². The number of anilines is 1. The molecule has 1 saturated carbocycles. The maximum atomic E-state index is 13.7. The number of para-hydroxylation sites is 1. The Labute approximate surface area is 139 Å². The Morgan fingerprint density at radius 1 is 1.04 bits per heavy atom. The van der Waals surface area contributed by atoms with E-state index in [2.05, 4.69) is 15.6 Å². The molecule has 1 heterocycles. The summed E-state index contributed by atoms with van der Waals surface area (Å²) in [4.78, 5) is 4.43. The predicted molar refractivity (Wildman–Crippen MR) is 90.1 cm³/mol. The summed E-state index contributed by atoms with van der Waals surface area (Å²) in [5.41, 5.74) is 0.280. The lowest BCUT2D eigenvalue weighted by atomic mass is 9.93. The first-order valence-corrected chi connectivity index (χ1v) is 7.96. The SMILES string of the molecule is Fc1cccc(F)c1NC(=S)NC1(c2ccccn2)CCCC1. The second kappa shape index (κ2) is 6.58. The Kier molecular flexibility index (Phi) is 4.52. The quantitative estimate of drug-likeness (QED) is 0.829. The minimum atomic E-state index is -0.674. The van der Waals surface area contributed by atoms with Gasteiger partial charge in [-0.1, -0.05) is 25.0 Å². The zero-order chi connectivity index (χ0) is 16.3. The lowest BCUT2D eigenvalue weighted by molar-refractivity contribution is 0.396. The first-order valence-electron chi connectivity index (χ1n) is 7.55. The van der Waals surface area contributed by atoms with Crippen LogP contribution in [0.25, 0.3) is 0 Å². The number of benzene rings is 1. The van der Waals surface area contributed by atoms with Crippen LogP contribution < -0.4 is 10.6 Å². The van der Waals surface area contributed by atoms with E-state index in [-0.39, 0.29) is 16.3 Å². The highest BCUT2D eigenvalue weighted by molar-refractivity contribution is 7.80. The van der Waals surface area contributed by atoms with E-state index in [4.69, 9.17) is 12.2 Å². The summed E-state index contributed by atoms with van der Waals surface area (Å²) in [6.07, 6.45) is 5.61. The largest absolute Gasteiger partial charge is 0.351 e. The van der Waals surface area contributed by atoms with Crippen LogP contribution in [-0.2, 0) is 5.54 Å². The van der Waals surface area contributed by atoms with Crippen molar-refractivity contribution in [3.63, 3.8) is 0 Å². The van der Waals surface area contributed by atoms with Gasteiger partial charge in [-0.15, -0.1) is 0 Å². The molecule has 0 atom stereocenters. The number of pyridine rings is 1. The van der Waals surface area contributed by atoms with Gasteiger partial charge in [-0.3, -0.25) is 4.98 Å². The Morgan fingerprint density at radius 2 is 1.74 bits per heavy atom. The van der Waals surface area contributed by atoms with Gasteiger partial charge in [-0.2, -0.15) is 0 Å². The molecule has 0 radical (unpaired) electrons. The van der Waals surface area contributed by atoms with Crippen molar-refractivity contribution in [2.45, 2.75) is 31.2 Å². The Bertz CT molecular complexity index is 680. The van der Waals surface area contributed by atoms with Crippen molar-refractivity contribution in [2.24, 2.45) is 0 Å². The van der Waals surface area contributed by atoms with Crippen LogP contribution in [0.4, 0.5) is 14.5 Å². The highest BCUT2D eigenvalue weighted by Gasteiger charge is 2.37. The van der Waals surface area contributed by atoms with E-state index < -0.39 is 11.6 Å². The third-order valence-electron chi connectivity index (χ3n) is 4.17. The summed E-state index contributed by atoms with van der Waals surface area (Å²) in [7, 11) is 0. The zero-order valence-electron chi connectivity index (χ0n) is 12.5.